The Bertz CT molecular complexity index is 641. The third-order valence-electron chi connectivity index (χ3n) is 2.58. The number of hydrogen-bond acceptors (Lipinski definition) is 2. The maximum atomic E-state index is 13.0. The van der Waals surface area contributed by atoms with E-state index in [0.29, 0.717) is 5.02 Å². The highest BCUT2D eigenvalue weighted by atomic mass is 35.5. The molecule has 0 spiro atoms. The van der Waals surface area contributed by atoms with Gasteiger partial charge in [-0.1, -0.05) is 11.6 Å². The van der Waals surface area contributed by atoms with Crippen molar-refractivity contribution in [3.05, 3.63) is 64.2 Å². The highest BCUT2D eigenvalue weighted by Gasteiger charge is 2.11. The molecule has 0 aliphatic carbocycles. The summed E-state index contributed by atoms with van der Waals surface area (Å²) in [6, 6.07) is 7.00. The van der Waals surface area contributed by atoms with Gasteiger partial charge in [0.15, 0.2) is 0 Å². The molecule has 0 radical (unpaired) electrons. The lowest BCUT2D eigenvalue weighted by Crippen LogP contribution is -2.23. The van der Waals surface area contributed by atoms with Gasteiger partial charge in [0, 0.05) is 17.6 Å². The van der Waals surface area contributed by atoms with Crippen molar-refractivity contribution >= 4 is 17.5 Å². The number of halogens is 3. The zero-order valence-electron chi connectivity index (χ0n) is 10.2. The molecule has 2 rings (SSSR count). The van der Waals surface area contributed by atoms with Gasteiger partial charge in [-0.2, -0.15) is 0 Å². The van der Waals surface area contributed by atoms with Crippen LogP contribution in [0.4, 0.5) is 8.78 Å². The molecule has 0 saturated heterocycles. The summed E-state index contributed by atoms with van der Waals surface area (Å²) in [6.07, 6.45) is 0. The van der Waals surface area contributed by atoms with E-state index in [1.807, 2.05) is 0 Å². The van der Waals surface area contributed by atoms with Gasteiger partial charge >= 0.3 is 0 Å². The molecule has 2 aromatic carbocycles. The Morgan fingerprint density at radius 2 is 1.80 bits per heavy atom. The second-order valence-corrected chi connectivity index (χ2v) is 4.56. The van der Waals surface area contributed by atoms with Crippen LogP contribution >= 0.6 is 11.6 Å². The van der Waals surface area contributed by atoms with Gasteiger partial charge in [0.25, 0.3) is 5.91 Å². The minimum atomic E-state index is -0.722. The normalized spacial score (nSPS) is 10.3. The fourth-order valence-corrected chi connectivity index (χ4v) is 1.85. The number of carbonyl (C=O) groups excluding carboxylic acids is 1. The molecule has 0 aliphatic rings. The molecule has 6 heteroatoms. The van der Waals surface area contributed by atoms with Crippen molar-refractivity contribution in [3.8, 4) is 5.75 Å². The molecule has 0 heterocycles. The van der Waals surface area contributed by atoms with E-state index < -0.39 is 17.5 Å². The van der Waals surface area contributed by atoms with Crippen molar-refractivity contribution in [2.45, 2.75) is 6.54 Å². The Morgan fingerprint density at radius 3 is 2.45 bits per heavy atom. The standard InChI is InChI=1S/C14H10ClF2NO2/c15-9-1-2-13(19)12(5-9)14(20)18-7-8-3-10(16)6-11(17)4-8/h1-6,19H,7H2,(H,18,20). The van der Waals surface area contributed by atoms with Crippen LogP contribution in [-0.4, -0.2) is 11.0 Å². The van der Waals surface area contributed by atoms with E-state index in [-0.39, 0.29) is 23.4 Å². The molecular weight excluding hydrogens is 288 g/mol. The molecule has 0 saturated carbocycles. The lowest BCUT2D eigenvalue weighted by molar-refractivity contribution is 0.0948. The summed E-state index contributed by atoms with van der Waals surface area (Å²) in [6.45, 7) is -0.0700. The summed E-state index contributed by atoms with van der Waals surface area (Å²) < 4.78 is 26.0. The number of rotatable bonds is 3. The minimum absolute atomic E-state index is 0.00521. The second kappa shape index (κ2) is 5.88. The van der Waals surface area contributed by atoms with Crippen LogP contribution in [0.1, 0.15) is 15.9 Å². The van der Waals surface area contributed by atoms with Crippen LogP contribution in [-0.2, 0) is 6.54 Å². The van der Waals surface area contributed by atoms with Gasteiger partial charge in [-0.15, -0.1) is 0 Å². The predicted octanol–water partition coefficient (Wildman–Crippen LogP) is 3.25. The molecule has 0 fully saturated rings. The first-order valence-corrected chi connectivity index (χ1v) is 6.05. The molecule has 0 aliphatic heterocycles. The molecule has 0 aromatic heterocycles. The summed E-state index contributed by atoms with van der Waals surface area (Å²) in [7, 11) is 0. The van der Waals surface area contributed by atoms with Gasteiger partial charge in [-0.05, 0) is 35.9 Å². The summed E-state index contributed by atoms with van der Waals surface area (Å²) in [5, 5.41) is 12.3. The van der Waals surface area contributed by atoms with Gasteiger partial charge in [0.2, 0.25) is 0 Å². The zero-order chi connectivity index (χ0) is 14.7. The molecule has 2 aromatic rings. The van der Waals surface area contributed by atoms with Crippen LogP contribution in [0.25, 0.3) is 0 Å². The lowest BCUT2D eigenvalue weighted by atomic mass is 10.1. The van der Waals surface area contributed by atoms with Gasteiger partial charge < -0.3 is 10.4 Å². The average molecular weight is 298 g/mol. The Hall–Kier alpha value is -2.14. The SMILES string of the molecule is O=C(NCc1cc(F)cc(F)c1)c1cc(Cl)ccc1O. The average Bonchev–Trinajstić information content (AvgIpc) is 2.38. The molecular formula is C14H10ClF2NO2. The quantitative estimate of drug-likeness (QED) is 0.913. The fraction of sp³-hybridized carbons (Fsp3) is 0.0714. The Balaban J connectivity index is 2.10. The summed E-state index contributed by atoms with van der Waals surface area (Å²) in [4.78, 5) is 11.8. The van der Waals surface area contributed by atoms with Crippen LogP contribution < -0.4 is 5.32 Å². The molecule has 20 heavy (non-hydrogen) atoms. The monoisotopic (exact) mass is 297 g/mol. The maximum Gasteiger partial charge on any atom is 0.255 e. The molecule has 0 bridgehead atoms. The van der Waals surface area contributed by atoms with Crippen molar-refractivity contribution in [3.63, 3.8) is 0 Å². The number of phenols is 1. The van der Waals surface area contributed by atoms with Gasteiger partial charge in [0.1, 0.15) is 17.4 Å². The number of carbonyl (C=O) groups is 1. The van der Waals surface area contributed by atoms with Crippen LogP contribution in [0.2, 0.25) is 5.02 Å². The number of hydrogen-bond donors (Lipinski definition) is 2. The molecule has 104 valence electrons. The molecule has 0 atom stereocenters. The summed E-state index contributed by atoms with van der Waals surface area (Å²) >= 11 is 5.73. The van der Waals surface area contributed by atoms with E-state index >= 15 is 0 Å². The van der Waals surface area contributed by atoms with Crippen molar-refractivity contribution < 1.29 is 18.7 Å². The highest BCUT2D eigenvalue weighted by molar-refractivity contribution is 6.31. The van der Waals surface area contributed by atoms with Crippen molar-refractivity contribution in [2.75, 3.05) is 0 Å². The van der Waals surface area contributed by atoms with Crippen LogP contribution in [0.5, 0.6) is 5.75 Å². The first-order valence-electron chi connectivity index (χ1n) is 5.67. The van der Waals surface area contributed by atoms with E-state index in [9.17, 15) is 18.7 Å². The fourth-order valence-electron chi connectivity index (χ4n) is 1.68. The van der Waals surface area contributed by atoms with Crippen LogP contribution in [0.3, 0.4) is 0 Å². The van der Waals surface area contributed by atoms with Gasteiger partial charge in [-0.25, -0.2) is 8.78 Å². The zero-order valence-corrected chi connectivity index (χ0v) is 10.9. The predicted molar refractivity (Wildman–Crippen MR) is 70.6 cm³/mol. The first kappa shape index (κ1) is 14.3. The Morgan fingerprint density at radius 1 is 1.15 bits per heavy atom. The number of amides is 1. The van der Waals surface area contributed by atoms with Crippen LogP contribution in [0.15, 0.2) is 36.4 Å². The second-order valence-electron chi connectivity index (χ2n) is 4.12. The van der Waals surface area contributed by atoms with Crippen LogP contribution in [0, 0.1) is 11.6 Å². The molecule has 1 amide bonds. The van der Waals surface area contributed by atoms with E-state index in [2.05, 4.69) is 5.32 Å². The lowest BCUT2D eigenvalue weighted by Gasteiger charge is -2.07. The van der Waals surface area contributed by atoms with E-state index in [1.54, 1.807) is 0 Å². The molecule has 3 nitrogen and oxygen atoms in total. The third kappa shape index (κ3) is 3.45. The summed E-state index contributed by atoms with van der Waals surface area (Å²) in [5.74, 6) is -2.26. The number of aromatic hydroxyl groups is 1. The van der Waals surface area contributed by atoms with Gasteiger partial charge in [-0.3, -0.25) is 4.79 Å². The van der Waals surface area contributed by atoms with E-state index in [0.717, 1.165) is 18.2 Å². The highest BCUT2D eigenvalue weighted by Crippen LogP contribution is 2.21. The van der Waals surface area contributed by atoms with Crippen molar-refractivity contribution in [2.24, 2.45) is 0 Å². The Kier molecular flexibility index (Phi) is 4.20. The van der Waals surface area contributed by atoms with Crippen molar-refractivity contribution in [1.82, 2.24) is 5.32 Å². The third-order valence-corrected chi connectivity index (χ3v) is 2.81. The smallest absolute Gasteiger partial charge is 0.255 e. The summed E-state index contributed by atoms with van der Waals surface area (Å²) in [5.41, 5.74) is 0.270. The van der Waals surface area contributed by atoms with E-state index in [1.165, 1.54) is 18.2 Å². The number of benzene rings is 2. The van der Waals surface area contributed by atoms with E-state index in [4.69, 9.17) is 11.6 Å². The largest absolute Gasteiger partial charge is 0.507 e. The van der Waals surface area contributed by atoms with Gasteiger partial charge in [0.05, 0.1) is 5.56 Å². The molecule has 2 N–H and O–H groups in total. The number of phenolic OH excluding ortho intramolecular Hbond substituents is 1. The topological polar surface area (TPSA) is 49.3 Å². The maximum absolute atomic E-state index is 13.0. The molecule has 0 unspecified atom stereocenters. The minimum Gasteiger partial charge on any atom is -0.507 e. The number of nitrogens with one attached hydrogen (secondary N) is 1. The van der Waals surface area contributed by atoms with Crippen molar-refractivity contribution in [1.29, 1.82) is 0 Å². The Labute approximate surface area is 118 Å². The first-order chi connectivity index (χ1) is 9.45.